The standard InChI is InChI=1S/C19H22/c1-14-15(2)19(17-11-7-4-8-12-17)13-18(14)16-9-5-3-6-10-16/h3,5-6,9-10,13H,4,7-8,11-12H2,1-2H3. The van der Waals surface area contributed by atoms with Crippen LogP contribution in [0, 0.1) is 0 Å². The van der Waals surface area contributed by atoms with Gasteiger partial charge in [-0.1, -0.05) is 42.3 Å². The molecule has 0 N–H and O–H groups in total. The number of rotatable bonds is 1. The second-order valence-corrected chi connectivity index (χ2v) is 5.75. The van der Waals surface area contributed by atoms with E-state index in [4.69, 9.17) is 0 Å². The number of allylic oxidation sites excluding steroid dienone is 6. The highest BCUT2D eigenvalue weighted by Crippen LogP contribution is 2.40. The van der Waals surface area contributed by atoms with Crippen molar-refractivity contribution in [2.45, 2.75) is 46.0 Å². The first kappa shape index (κ1) is 12.5. The maximum atomic E-state index is 2.43. The molecule has 0 bridgehead atoms. The van der Waals surface area contributed by atoms with Crippen molar-refractivity contribution in [1.29, 1.82) is 0 Å². The Morgan fingerprint density at radius 1 is 0.789 bits per heavy atom. The maximum Gasteiger partial charge on any atom is -0.0146 e. The lowest BCUT2D eigenvalue weighted by Crippen LogP contribution is -1.97. The summed E-state index contributed by atoms with van der Waals surface area (Å²) in [6.45, 7) is 4.56. The van der Waals surface area contributed by atoms with Gasteiger partial charge in [-0.3, -0.25) is 0 Å². The van der Waals surface area contributed by atoms with E-state index in [0.717, 1.165) is 0 Å². The molecular formula is C19H22. The van der Waals surface area contributed by atoms with Gasteiger partial charge in [0, 0.05) is 0 Å². The number of benzene rings is 1. The lowest BCUT2D eigenvalue weighted by molar-refractivity contribution is 0.596. The second kappa shape index (κ2) is 5.21. The Morgan fingerprint density at radius 2 is 1.47 bits per heavy atom. The monoisotopic (exact) mass is 250 g/mol. The maximum absolute atomic E-state index is 2.43. The molecule has 0 saturated heterocycles. The van der Waals surface area contributed by atoms with Gasteiger partial charge in [-0.15, -0.1) is 0 Å². The highest BCUT2D eigenvalue weighted by molar-refractivity contribution is 5.87. The molecule has 2 aliphatic rings. The van der Waals surface area contributed by atoms with Gasteiger partial charge in [0.1, 0.15) is 0 Å². The van der Waals surface area contributed by atoms with Crippen molar-refractivity contribution in [2.24, 2.45) is 0 Å². The molecular weight excluding hydrogens is 228 g/mol. The van der Waals surface area contributed by atoms with Gasteiger partial charge in [0.25, 0.3) is 0 Å². The van der Waals surface area contributed by atoms with Crippen LogP contribution in [0.5, 0.6) is 0 Å². The molecule has 0 aromatic heterocycles. The first-order chi connectivity index (χ1) is 9.27. The smallest absolute Gasteiger partial charge is 0.0146 e. The van der Waals surface area contributed by atoms with Gasteiger partial charge >= 0.3 is 0 Å². The lowest BCUT2D eigenvalue weighted by Gasteiger charge is -2.16. The predicted octanol–water partition coefficient (Wildman–Crippen LogP) is 5.68. The average molecular weight is 250 g/mol. The van der Waals surface area contributed by atoms with Crippen LogP contribution in [-0.2, 0) is 0 Å². The van der Waals surface area contributed by atoms with Crippen LogP contribution < -0.4 is 0 Å². The molecule has 0 radical (unpaired) electrons. The molecule has 98 valence electrons. The van der Waals surface area contributed by atoms with E-state index in [2.05, 4.69) is 50.3 Å². The molecule has 3 rings (SSSR count). The minimum Gasteiger partial charge on any atom is -0.0627 e. The summed E-state index contributed by atoms with van der Waals surface area (Å²) in [5.74, 6) is 0. The average Bonchev–Trinajstić information content (AvgIpc) is 2.77. The summed E-state index contributed by atoms with van der Waals surface area (Å²) in [6, 6.07) is 10.8. The molecule has 1 aromatic carbocycles. The fourth-order valence-electron chi connectivity index (χ4n) is 3.30. The Morgan fingerprint density at radius 3 is 2.16 bits per heavy atom. The molecule has 0 heteroatoms. The van der Waals surface area contributed by atoms with E-state index >= 15 is 0 Å². The molecule has 2 aliphatic carbocycles. The van der Waals surface area contributed by atoms with Crippen molar-refractivity contribution in [1.82, 2.24) is 0 Å². The van der Waals surface area contributed by atoms with Crippen LogP contribution in [0.4, 0.5) is 0 Å². The predicted molar refractivity (Wildman–Crippen MR) is 82.9 cm³/mol. The van der Waals surface area contributed by atoms with Crippen LogP contribution in [0.2, 0.25) is 0 Å². The second-order valence-electron chi connectivity index (χ2n) is 5.75. The van der Waals surface area contributed by atoms with Crippen LogP contribution in [0.15, 0.2) is 58.7 Å². The third kappa shape index (κ3) is 2.32. The summed E-state index contributed by atoms with van der Waals surface area (Å²) in [4.78, 5) is 0. The first-order valence-electron chi connectivity index (χ1n) is 7.45. The molecule has 0 atom stereocenters. The van der Waals surface area contributed by atoms with Crippen LogP contribution in [0.3, 0.4) is 0 Å². The fourth-order valence-corrected chi connectivity index (χ4v) is 3.30. The summed E-state index contributed by atoms with van der Waals surface area (Å²) >= 11 is 0. The van der Waals surface area contributed by atoms with Gasteiger partial charge in [0.05, 0.1) is 0 Å². The Bertz CT molecular complexity index is 559. The van der Waals surface area contributed by atoms with E-state index in [0.29, 0.717) is 0 Å². The zero-order valence-electron chi connectivity index (χ0n) is 12.0. The summed E-state index contributed by atoms with van der Waals surface area (Å²) in [7, 11) is 0. The Labute approximate surface area is 116 Å². The summed E-state index contributed by atoms with van der Waals surface area (Å²) in [6.07, 6.45) is 9.20. The van der Waals surface area contributed by atoms with Gasteiger partial charge in [-0.25, -0.2) is 0 Å². The molecule has 0 heterocycles. The number of hydrogen-bond acceptors (Lipinski definition) is 0. The van der Waals surface area contributed by atoms with Gasteiger partial charge in [-0.2, -0.15) is 0 Å². The molecule has 0 nitrogen and oxygen atoms in total. The van der Waals surface area contributed by atoms with E-state index < -0.39 is 0 Å². The van der Waals surface area contributed by atoms with Crippen molar-refractivity contribution in [2.75, 3.05) is 0 Å². The largest absolute Gasteiger partial charge is 0.0627 e. The fraction of sp³-hybridized carbons (Fsp3) is 0.368. The summed E-state index contributed by atoms with van der Waals surface area (Å²) < 4.78 is 0. The topological polar surface area (TPSA) is 0 Å². The van der Waals surface area contributed by atoms with Crippen LogP contribution in [0.25, 0.3) is 5.57 Å². The molecule has 0 spiro atoms. The molecule has 1 aromatic rings. The highest BCUT2D eigenvalue weighted by atomic mass is 14.2. The molecule has 0 unspecified atom stereocenters. The van der Waals surface area contributed by atoms with Crippen molar-refractivity contribution < 1.29 is 0 Å². The third-order valence-corrected chi connectivity index (χ3v) is 4.58. The Balaban J connectivity index is 2.04. The van der Waals surface area contributed by atoms with E-state index in [-0.39, 0.29) is 0 Å². The molecule has 1 saturated carbocycles. The Hall–Kier alpha value is -1.56. The van der Waals surface area contributed by atoms with Gasteiger partial charge in [0.15, 0.2) is 0 Å². The van der Waals surface area contributed by atoms with Crippen LogP contribution in [0.1, 0.15) is 51.5 Å². The quantitative estimate of drug-likeness (QED) is 0.601. The van der Waals surface area contributed by atoms with Crippen molar-refractivity contribution in [3.8, 4) is 0 Å². The summed E-state index contributed by atoms with van der Waals surface area (Å²) in [5.41, 5.74) is 8.96. The molecule has 0 aliphatic heterocycles. The molecule has 0 amide bonds. The van der Waals surface area contributed by atoms with Crippen molar-refractivity contribution in [3.63, 3.8) is 0 Å². The summed E-state index contributed by atoms with van der Waals surface area (Å²) in [5, 5.41) is 0. The van der Waals surface area contributed by atoms with Crippen molar-refractivity contribution >= 4 is 5.57 Å². The first-order valence-corrected chi connectivity index (χ1v) is 7.45. The minimum atomic E-state index is 1.30. The normalized spacial score (nSPS) is 20.0. The zero-order chi connectivity index (χ0) is 13.2. The third-order valence-electron chi connectivity index (χ3n) is 4.58. The SMILES string of the molecule is CC1=C(C)C(=C2CCCCC2)C=C1c1ccccc1. The van der Waals surface area contributed by atoms with Crippen molar-refractivity contribution in [3.05, 3.63) is 64.3 Å². The van der Waals surface area contributed by atoms with E-state index in [1.807, 2.05) is 0 Å². The van der Waals surface area contributed by atoms with Crippen LogP contribution in [-0.4, -0.2) is 0 Å². The Kier molecular flexibility index (Phi) is 3.42. The molecule has 1 fully saturated rings. The zero-order valence-corrected chi connectivity index (χ0v) is 12.0. The van der Waals surface area contributed by atoms with E-state index in [1.165, 1.54) is 60.0 Å². The van der Waals surface area contributed by atoms with Gasteiger partial charge in [0.2, 0.25) is 0 Å². The van der Waals surface area contributed by atoms with E-state index in [1.54, 1.807) is 5.57 Å². The minimum absolute atomic E-state index is 1.30. The molecule has 19 heavy (non-hydrogen) atoms. The highest BCUT2D eigenvalue weighted by Gasteiger charge is 2.20. The number of hydrogen-bond donors (Lipinski definition) is 0. The van der Waals surface area contributed by atoms with Crippen LogP contribution >= 0.6 is 0 Å². The lowest BCUT2D eigenvalue weighted by atomic mass is 9.89. The van der Waals surface area contributed by atoms with Gasteiger partial charge in [-0.05, 0) is 73.5 Å². The van der Waals surface area contributed by atoms with E-state index in [9.17, 15) is 0 Å². The van der Waals surface area contributed by atoms with Gasteiger partial charge < -0.3 is 0 Å².